The Labute approximate surface area is 197 Å². The van der Waals surface area contributed by atoms with Crippen LogP contribution in [0.5, 0.6) is 11.5 Å². The van der Waals surface area contributed by atoms with Crippen LogP contribution in [0.25, 0.3) is 0 Å². The molecule has 0 aliphatic carbocycles. The van der Waals surface area contributed by atoms with Gasteiger partial charge in [0.15, 0.2) is 0 Å². The molecule has 0 aliphatic heterocycles. The Kier molecular flexibility index (Phi) is 9.29. The maximum Gasteiger partial charge on any atom is 0.255 e. The lowest BCUT2D eigenvalue weighted by molar-refractivity contribution is -0.117. The molecule has 7 heteroatoms. The summed E-state index contributed by atoms with van der Waals surface area (Å²) < 4.78 is 11.5. The minimum Gasteiger partial charge on any atom is -0.492 e. The minimum absolute atomic E-state index is 0.0479. The van der Waals surface area contributed by atoms with Crippen LogP contribution in [0.15, 0.2) is 42.5 Å². The number of carbonyl (C=O) groups is 2. The molecule has 0 fully saturated rings. The highest BCUT2D eigenvalue weighted by atomic mass is 16.5. The number of hydrogen-bond donors (Lipinski definition) is 2. The van der Waals surface area contributed by atoms with Crippen molar-refractivity contribution in [3.63, 3.8) is 0 Å². The fourth-order valence-electron chi connectivity index (χ4n) is 3.30. The quantitative estimate of drug-likeness (QED) is 0.525. The Bertz CT molecular complexity index is 939. The van der Waals surface area contributed by atoms with Gasteiger partial charge in [-0.05, 0) is 45.4 Å². The predicted molar refractivity (Wildman–Crippen MR) is 133 cm³/mol. The number of carbonyl (C=O) groups excluding carboxylic acids is 2. The number of likely N-dealkylation sites (N-methyl/N-ethyl adjacent to an activating group) is 1. The monoisotopic (exact) mass is 455 g/mol. The van der Waals surface area contributed by atoms with Gasteiger partial charge in [0.25, 0.3) is 5.91 Å². The van der Waals surface area contributed by atoms with Crippen LogP contribution in [0.3, 0.4) is 0 Å². The fraction of sp³-hybridized carbons (Fsp3) is 0.462. The minimum atomic E-state index is -0.256. The summed E-state index contributed by atoms with van der Waals surface area (Å²) in [5.41, 5.74) is 1.56. The van der Waals surface area contributed by atoms with Crippen molar-refractivity contribution < 1.29 is 19.1 Å². The van der Waals surface area contributed by atoms with Crippen LogP contribution < -0.4 is 20.1 Å². The summed E-state index contributed by atoms with van der Waals surface area (Å²) in [6.45, 7) is 13.3. The smallest absolute Gasteiger partial charge is 0.255 e. The van der Waals surface area contributed by atoms with Gasteiger partial charge in [-0.2, -0.15) is 0 Å². The van der Waals surface area contributed by atoms with Gasteiger partial charge in [-0.1, -0.05) is 39.0 Å². The first-order valence-corrected chi connectivity index (χ1v) is 11.4. The third-order valence-electron chi connectivity index (χ3n) is 5.55. The van der Waals surface area contributed by atoms with E-state index in [4.69, 9.17) is 9.47 Å². The second kappa shape index (κ2) is 11.7. The lowest BCUT2D eigenvalue weighted by Gasteiger charge is -2.34. The van der Waals surface area contributed by atoms with Crippen LogP contribution in [0.2, 0.25) is 0 Å². The zero-order valence-electron chi connectivity index (χ0n) is 20.8. The van der Waals surface area contributed by atoms with E-state index in [2.05, 4.69) is 38.3 Å². The van der Waals surface area contributed by atoms with Crippen molar-refractivity contribution in [3.05, 3.63) is 48.0 Å². The zero-order chi connectivity index (χ0) is 24.6. The summed E-state index contributed by atoms with van der Waals surface area (Å²) in [5.74, 6) is 0.507. The van der Waals surface area contributed by atoms with Gasteiger partial charge in [0, 0.05) is 23.7 Å². The summed E-state index contributed by atoms with van der Waals surface area (Å²) >= 11 is 0. The second-order valence-corrected chi connectivity index (χ2v) is 9.04. The van der Waals surface area contributed by atoms with Crippen molar-refractivity contribution in [2.75, 3.05) is 37.4 Å². The van der Waals surface area contributed by atoms with Crippen molar-refractivity contribution in [1.82, 2.24) is 4.90 Å². The van der Waals surface area contributed by atoms with E-state index in [0.717, 1.165) is 0 Å². The summed E-state index contributed by atoms with van der Waals surface area (Å²) in [5, 5.41) is 5.84. The molecule has 2 N–H and O–H groups in total. The molecule has 2 rings (SSSR count). The van der Waals surface area contributed by atoms with E-state index in [1.54, 1.807) is 36.4 Å². The summed E-state index contributed by atoms with van der Waals surface area (Å²) in [6.07, 6.45) is 0. The molecule has 0 bridgehead atoms. The molecule has 0 radical (unpaired) electrons. The van der Waals surface area contributed by atoms with Crippen molar-refractivity contribution in [3.8, 4) is 11.5 Å². The Morgan fingerprint density at radius 3 is 1.94 bits per heavy atom. The van der Waals surface area contributed by atoms with E-state index >= 15 is 0 Å². The number of benzene rings is 2. The van der Waals surface area contributed by atoms with E-state index in [0.29, 0.717) is 41.7 Å². The molecule has 180 valence electrons. The molecule has 1 atom stereocenters. The second-order valence-electron chi connectivity index (χ2n) is 9.04. The molecular weight excluding hydrogens is 418 g/mol. The molecule has 0 saturated carbocycles. The van der Waals surface area contributed by atoms with Crippen molar-refractivity contribution >= 4 is 23.2 Å². The van der Waals surface area contributed by atoms with Gasteiger partial charge >= 0.3 is 0 Å². The molecule has 1 unspecified atom stereocenters. The molecule has 2 aromatic carbocycles. The van der Waals surface area contributed by atoms with Crippen LogP contribution in [-0.4, -0.2) is 49.6 Å². The van der Waals surface area contributed by atoms with Crippen molar-refractivity contribution in [1.29, 1.82) is 0 Å². The fourth-order valence-corrected chi connectivity index (χ4v) is 3.30. The van der Waals surface area contributed by atoms with Crippen LogP contribution in [0.4, 0.5) is 11.4 Å². The van der Waals surface area contributed by atoms with Gasteiger partial charge in [0.1, 0.15) is 11.5 Å². The Balaban J connectivity index is 2.28. The number of anilines is 2. The van der Waals surface area contributed by atoms with Gasteiger partial charge in [0.05, 0.1) is 31.1 Å². The first-order chi connectivity index (χ1) is 15.6. The standard InChI is InChI=1S/C26H37N3O4/c1-8-32-22-16-21(28-25(31)19-13-11-10-12-14-19)23(33-9-2)15-20(22)27-24(30)17-29(7)18(3)26(4,5)6/h10-16,18H,8-9,17H2,1-7H3,(H,27,30)(H,28,31). The normalized spacial score (nSPS) is 12.2. The molecule has 7 nitrogen and oxygen atoms in total. The van der Waals surface area contributed by atoms with Crippen LogP contribution in [0.1, 0.15) is 51.9 Å². The Morgan fingerprint density at radius 1 is 0.939 bits per heavy atom. The van der Waals surface area contributed by atoms with Gasteiger partial charge in [-0.25, -0.2) is 0 Å². The highest BCUT2D eigenvalue weighted by Crippen LogP contribution is 2.37. The number of hydrogen-bond acceptors (Lipinski definition) is 5. The predicted octanol–water partition coefficient (Wildman–Crippen LogP) is 5.04. The van der Waals surface area contributed by atoms with Gasteiger partial charge in [-0.15, -0.1) is 0 Å². The highest BCUT2D eigenvalue weighted by molar-refractivity contribution is 6.05. The van der Waals surface area contributed by atoms with E-state index in [9.17, 15) is 9.59 Å². The molecular formula is C26H37N3O4. The maximum absolute atomic E-state index is 12.8. The number of nitrogens with zero attached hydrogens (tertiary/aromatic N) is 1. The van der Waals surface area contributed by atoms with E-state index in [1.165, 1.54) is 0 Å². The summed E-state index contributed by atoms with van der Waals surface area (Å²) in [7, 11) is 1.94. The zero-order valence-corrected chi connectivity index (χ0v) is 20.8. The third kappa shape index (κ3) is 7.49. The molecule has 0 saturated heterocycles. The molecule has 2 aromatic rings. The average Bonchev–Trinajstić information content (AvgIpc) is 2.76. The van der Waals surface area contributed by atoms with Crippen molar-refractivity contribution in [2.45, 2.75) is 47.6 Å². The topological polar surface area (TPSA) is 79.9 Å². The van der Waals surface area contributed by atoms with Gasteiger partial charge < -0.3 is 20.1 Å². The summed E-state index contributed by atoms with van der Waals surface area (Å²) in [4.78, 5) is 27.5. The third-order valence-corrected chi connectivity index (χ3v) is 5.55. The molecule has 33 heavy (non-hydrogen) atoms. The number of amides is 2. The van der Waals surface area contributed by atoms with Crippen LogP contribution in [0, 0.1) is 5.41 Å². The first kappa shape index (κ1) is 26.2. The lowest BCUT2D eigenvalue weighted by atomic mass is 9.87. The van der Waals surface area contributed by atoms with Crippen LogP contribution in [-0.2, 0) is 4.79 Å². The van der Waals surface area contributed by atoms with Crippen molar-refractivity contribution in [2.24, 2.45) is 5.41 Å². The molecule has 0 spiro atoms. The van der Waals surface area contributed by atoms with E-state index < -0.39 is 0 Å². The Morgan fingerprint density at radius 2 is 1.45 bits per heavy atom. The highest BCUT2D eigenvalue weighted by Gasteiger charge is 2.25. The van der Waals surface area contributed by atoms with Gasteiger partial charge in [-0.3, -0.25) is 14.5 Å². The number of ether oxygens (including phenoxy) is 2. The number of rotatable bonds is 10. The average molecular weight is 456 g/mol. The summed E-state index contributed by atoms with van der Waals surface area (Å²) in [6, 6.07) is 12.5. The SMILES string of the molecule is CCOc1cc(NC(=O)c2ccccc2)c(OCC)cc1NC(=O)CN(C)C(C)C(C)(C)C. The molecule has 0 aromatic heterocycles. The molecule has 2 amide bonds. The van der Waals surface area contributed by atoms with E-state index in [1.807, 2.05) is 31.9 Å². The maximum atomic E-state index is 12.8. The Hall–Kier alpha value is -3.06. The lowest BCUT2D eigenvalue weighted by Crippen LogP contribution is -2.43. The van der Waals surface area contributed by atoms with Crippen LogP contribution >= 0.6 is 0 Å². The number of nitrogens with one attached hydrogen (secondary N) is 2. The molecule has 0 heterocycles. The first-order valence-electron chi connectivity index (χ1n) is 11.4. The van der Waals surface area contributed by atoms with E-state index in [-0.39, 0.29) is 29.8 Å². The molecule has 0 aliphatic rings. The van der Waals surface area contributed by atoms with Gasteiger partial charge in [0.2, 0.25) is 5.91 Å². The largest absolute Gasteiger partial charge is 0.492 e.